The molecule has 1 aromatic carbocycles. The average molecular weight is 377 g/mol. The third kappa shape index (κ3) is 4.52. The van der Waals surface area contributed by atoms with E-state index in [1.54, 1.807) is 40.4 Å². The fourth-order valence-electron chi connectivity index (χ4n) is 2.70. The number of carboxylic acids is 1. The van der Waals surface area contributed by atoms with Gasteiger partial charge in [-0.3, -0.25) is 4.79 Å². The SMILES string of the molecule is CCc1oc(C(=O)NCCc2c(OC)cc(OC)cc2OC)cc1C(=O)O. The third-order valence-corrected chi connectivity index (χ3v) is 4.06. The molecule has 2 rings (SSSR count). The number of amides is 1. The fraction of sp³-hybridized carbons (Fsp3) is 0.368. The van der Waals surface area contributed by atoms with Crippen LogP contribution in [0.5, 0.6) is 17.2 Å². The second kappa shape index (κ2) is 8.98. The van der Waals surface area contributed by atoms with Crippen LogP contribution in [0.3, 0.4) is 0 Å². The number of carbonyl (C=O) groups excluding carboxylic acids is 1. The Balaban J connectivity index is 2.10. The number of carbonyl (C=O) groups is 2. The lowest BCUT2D eigenvalue weighted by Crippen LogP contribution is -2.25. The molecule has 8 nitrogen and oxygen atoms in total. The number of methoxy groups -OCH3 is 3. The Kier molecular flexibility index (Phi) is 6.70. The van der Waals surface area contributed by atoms with Gasteiger partial charge in [-0.25, -0.2) is 4.79 Å². The normalized spacial score (nSPS) is 10.4. The first kappa shape index (κ1) is 20.2. The highest BCUT2D eigenvalue weighted by atomic mass is 16.5. The van der Waals surface area contributed by atoms with Crippen molar-refractivity contribution in [2.45, 2.75) is 19.8 Å². The van der Waals surface area contributed by atoms with Crippen molar-refractivity contribution in [3.05, 3.63) is 40.8 Å². The Morgan fingerprint density at radius 3 is 2.15 bits per heavy atom. The molecule has 1 aromatic heterocycles. The number of hydrogen-bond donors (Lipinski definition) is 2. The van der Waals surface area contributed by atoms with Crippen LogP contribution in [0.2, 0.25) is 0 Å². The second-order valence-corrected chi connectivity index (χ2v) is 5.62. The molecule has 0 aliphatic heterocycles. The quantitative estimate of drug-likeness (QED) is 0.691. The molecule has 0 fully saturated rings. The minimum Gasteiger partial charge on any atom is -0.496 e. The van der Waals surface area contributed by atoms with Crippen molar-refractivity contribution >= 4 is 11.9 Å². The Hall–Kier alpha value is -3.16. The van der Waals surface area contributed by atoms with Crippen molar-refractivity contribution in [1.29, 1.82) is 0 Å². The first-order valence-electron chi connectivity index (χ1n) is 8.38. The van der Waals surface area contributed by atoms with Gasteiger partial charge in [-0.2, -0.15) is 0 Å². The van der Waals surface area contributed by atoms with Gasteiger partial charge in [0.15, 0.2) is 5.76 Å². The molecular weight excluding hydrogens is 354 g/mol. The van der Waals surface area contributed by atoms with Gasteiger partial charge < -0.3 is 29.1 Å². The summed E-state index contributed by atoms with van der Waals surface area (Å²) >= 11 is 0. The zero-order valence-electron chi connectivity index (χ0n) is 15.8. The predicted octanol–water partition coefficient (Wildman–Crippen LogP) is 2.54. The molecule has 0 saturated heterocycles. The maximum atomic E-state index is 12.3. The van der Waals surface area contributed by atoms with E-state index in [1.165, 1.54) is 6.07 Å². The Bertz CT molecular complexity index is 800. The van der Waals surface area contributed by atoms with Crippen molar-refractivity contribution in [3.63, 3.8) is 0 Å². The highest BCUT2D eigenvalue weighted by Crippen LogP contribution is 2.34. The van der Waals surface area contributed by atoms with Crippen LogP contribution in [0.4, 0.5) is 0 Å². The number of hydrogen-bond acceptors (Lipinski definition) is 6. The molecule has 0 spiro atoms. The van der Waals surface area contributed by atoms with Gasteiger partial charge in [-0.05, 0) is 6.42 Å². The van der Waals surface area contributed by atoms with E-state index < -0.39 is 11.9 Å². The van der Waals surface area contributed by atoms with Crippen molar-refractivity contribution in [2.75, 3.05) is 27.9 Å². The molecule has 8 heteroatoms. The van der Waals surface area contributed by atoms with Gasteiger partial charge in [0.2, 0.25) is 0 Å². The van der Waals surface area contributed by atoms with Crippen LogP contribution < -0.4 is 19.5 Å². The van der Waals surface area contributed by atoms with Crippen molar-refractivity contribution in [2.24, 2.45) is 0 Å². The van der Waals surface area contributed by atoms with Gasteiger partial charge >= 0.3 is 5.97 Å². The molecule has 0 radical (unpaired) electrons. The van der Waals surface area contributed by atoms with E-state index in [-0.39, 0.29) is 23.6 Å². The van der Waals surface area contributed by atoms with E-state index in [4.69, 9.17) is 23.7 Å². The Labute approximate surface area is 157 Å². The van der Waals surface area contributed by atoms with Crippen molar-refractivity contribution in [3.8, 4) is 17.2 Å². The lowest BCUT2D eigenvalue weighted by molar-refractivity contribution is 0.0694. The Morgan fingerprint density at radius 1 is 1.07 bits per heavy atom. The lowest BCUT2D eigenvalue weighted by Gasteiger charge is -2.15. The molecule has 0 unspecified atom stereocenters. The standard InChI is InChI=1S/C19H23NO7/c1-5-14-13(19(22)23)10-17(27-14)18(21)20-7-6-12-15(25-3)8-11(24-2)9-16(12)26-4/h8-10H,5-7H2,1-4H3,(H,20,21)(H,22,23). The number of carboxylic acid groups (broad SMARTS) is 1. The molecule has 2 aromatic rings. The summed E-state index contributed by atoms with van der Waals surface area (Å²) in [7, 11) is 4.63. The van der Waals surface area contributed by atoms with Gasteiger partial charge in [0.25, 0.3) is 5.91 Å². The summed E-state index contributed by atoms with van der Waals surface area (Å²) in [5, 5.41) is 11.9. The first-order chi connectivity index (χ1) is 12.9. The summed E-state index contributed by atoms with van der Waals surface area (Å²) < 4.78 is 21.3. The van der Waals surface area contributed by atoms with E-state index in [9.17, 15) is 9.59 Å². The van der Waals surface area contributed by atoms with Gasteiger partial charge in [0.1, 0.15) is 28.6 Å². The van der Waals surface area contributed by atoms with E-state index in [2.05, 4.69) is 5.32 Å². The monoisotopic (exact) mass is 377 g/mol. The summed E-state index contributed by atoms with van der Waals surface area (Å²) in [6.45, 7) is 2.04. The summed E-state index contributed by atoms with van der Waals surface area (Å²) in [5.74, 6) is 0.398. The van der Waals surface area contributed by atoms with Crippen LogP contribution in [0, 0.1) is 0 Å². The number of aromatic carboxylic acids is 1. The van der Waals surface area contributed by atoms with Crippen LogP contribution in [0.1, 0.15) is 39.2 Å². The van der Waals surface area contributed by atoms with Gasteiger partial charge in [0, 0.05) is 36.7 Å². The van der Waals surface area contributed by atoms with E-state index >= 15 is 0 Å². The summed E-state index contributed by atoms with van der Waals surface area (Å²) in [6.07, 6.45) is 0.824. The molecule has 27 heavy (non-hydrogen) atoms. The maximum absolute atomic E-state index is 12.3. The van der Waals surface area contributed by atoms with Gasteiger partial charge in [-0.15, -0.1) is 0 Å². The van der Waals surface area contributed by atoms with Crippen molar-refractivity contribution < 1.29 is 33.3 Å². The smallest absolute Gasteiger partial charge is 0.339 e. The largest absolute Gasteiger partial charge is 0.496 e. The van der Waals surface area contributed by atoms with Crippen LogP contribution in [-0.2, 0) is 12.8 Å². The third-order valence-electron chi connectivity index (χ3n) is 4.06. The lowest BCUT2D eigenvalue weighted by atomic mass is 10.1. The molecule has 1 heterocycles. The first-order valence-corrected chi connectivity index (χ1v) is 8.38. The predicted molar refractivity (Wildman–Crippen MR) is 97.2 cm³/mol. The average Bonchev–Trinajstić information content (AvgIpc) is 3.12. The summed E-state index contributed by atoms with van der Waals surface area (Å²) in [6, 6.07) is 4.71. The van der Waals surface area contributed by atoms with Crippen LogP contribution in [0.25, 0.3) is 0 Å². The van der Waals surface area contributed by atoms with Crippen LogP contribution in [0.15, 0.2) is 22.6 Å². The van der Waals surface area contributed by atoms with Crippen LogP contribution in [-0.4, -0.2) is 44.9 Å². The van der Waals surface area contributed by atoms with E-state index in [0.29, 0.717) is 30.1 Å². The molecule has 1 amide bonds. The molecule has 0 aliphatic carbocycles. The molecule has 0 bridgehead atoms. The molecule has 0 atom stereocenters. The van der Waals surface area contributed by atoms with Gasteiger partial charge in [-0.1, -0.05) is 6.92 Å². The van der Waals surface area contributed by atoms with E-state index in [1.807, 2.05) is 0 Å². The fourth-order valence-corrected chi connectivity index (χ4v) is 2.70. The minimum absolute atomic E-state index is 0.00106. The molecule has 2 N–H and O–H groups in total. The van der Waals surface area contributed by atoms with E-state index in [0.717, 1.165) is 5.56 Å². The molecule has 146 valence electrons. The maximum Gasteiger partial charge on any atom is 0.339 e. The second-order valence-electron chi connectivity index (χ2n) is 5.62. The zero-order chi connectivity index (χ0) is 20.0. The summed E-state index contributed by atoms with van der Waals surface area (Å²) in [5.41, 5.74) is 0.780. The number of furan rings is 1. The zero-order valence-corrected chi connectivity index (χ0v) is 15.8. The molecule has 0 aliphatic rings. The molecular formula is C19H23NO7. The highest BCUT2D eigenvalue weighted by Gasteiger charge is 2.20. The number of nitrogens with one attached hydrogen (secondary N) is 1. The minimum atomic E-state index is -1.12. The topological polar surface area (TPSA) is 107 Å². The van der Waals surface area contributed by atoms with Gasteiger partial charge in [0.05, 0.1) is 21.3 Å². The number of aryl methyl sites for hydroxylation is 1. The number of ether oxygens (including phenoxy) is 3. The number of benzene rings is 1. The Morgan fingerprint density at radius 2 is 1.70 bits per heavy atom. The number of rotatable bonds is 9. The highest BCUT2D eigenvalue weighted by molar-refractivity contribution is 5.96. The van der Waals surface area contributed by atoms with Crippen LogP contribution >= 0.6 is 0 Å². The molecule has 0 saturated carbocycles. The summed E-state index contributed by atoms with van der Waals surface area (Å²) in [4.78, 5) is 23.4. The van der Waals surface area contributed by atoms with Crippen molar-refractivity contribution in [1.82, 2.24) is 5.32 Å².